The third-order valence-corrected chi connectivity index (χ3v) is 5.31. The molecule has 1 aliphatic carbocycles. The number of hydrogen-bond acceptors (Lipinski definition) is 6. The molecule has 2 aromatic rings. The Hall–Kier alpha value is -1.99. The van der Waals surface area contributed by atoms with Gasteiger partial charge in [0, 0.05) is 10.4 Å². The zero-order valence-electron chi connectivity index (χ0n) is 16.5. The van der Waals surface area contributed by atoms with E-state index in [2.05, 4.69) is 10.3 Å². The maximum absolute atomic E-state index is 12.8. The third-order valence-electron chi connectivity index (χ3n) is 4.24. The van der Waals surface area contributed by atoms with Gasteiger partial charge in [0.15, 0.2) is 16.6 Å². The van der Waals surface area contributed by atoms with Gasteiger partial charge < -0.3 is 14.2 Å². The van der Waals surface area contributed by atoms with Gasteiger partial charge in [0.25, 0.3) is 5.91 Å². The summed E-state index contributed by atoms with van der Waals surface area (Å²) < 4.78 is 17.1. The number of anilines is 1. The van der Waals surface area contributed by atoms with Crippen molar-refractivity contribution in [2.75, 3.05) is 25.1 Å². The summed E-state index contributed by atoms with van der Waals surface area (Å²) in [7, 11) is 0. The molecule has 6 nitrogen and oxygen atoms in total. The molecule has 1 aliphatic rings. The maximum Gasteiger partial charge on any atom is 0.257 e. The van der Waals surface area contributed by atoms with Crippen molar-refractivity contribution in [1.82, 2.24) is 4.98 Å². The second-order valence-electron chi connectivity index (χ2n) is 6.15. The zero-order chi connectivity index (χ0) is 19.2. The van der Waals surface area contributed by atoms with Gasteiger partial charge in [-0.1, -0.05) is 0 Å². The van der Waals surface area contributed by atoms with Gasteiger partial charge in [0.05, 0.1) is 25.5 Å². The molecule has 28 heavy (non-hydrogen) atoms. The smallest absolute Gasteiger partial charge is 0.257 e. The first kappa shape index (κ1) is 22.3. The number of fused-ring (bicyclic) bond motifs is 1. The van der Waals surface area contributed by atoms with Crippen LogP contribution in [0, 0.1) is 0 Å². The number of benzene rings is 1. The number of aromatic nitrogens is 1. The summed E-state index contributed by atoms with van der Waals surface area (Å²) in [5.41, 5.74) is 1.58. The molecule has 1 heterocycles. The topological polar surface area (TPSA) is 69.7 Å². The van der Waals surface area contributed by atoms with Crippen molar-refractivity contribution in [2.45, 2.75) is 46.5 Å². The number of rotatable bonds is 8. The minimum absolute atomic E-state index is 0. The van der Waals surface area contributed by atoms with E-state index in [-0.39, 0.29) is 18.3 Å². The van der Waals surface area contributed by atoms with Gasteiger partial charge in [-0.3, -0.25) is 10.1 Å². The van der Waals surface area contributed by atoms with Gasteiger partial charge in [-0.25, -0.2) is 4.98 Å². The Morgan fingerprint density at radius 2 is 1.64 bits per heavy atom. The van der Waals surface area contributed by atoms with Crippen LogP contribution in [0.3, 0.4) is 0 Å². The molecule has 0 saturated heterocycles. The van der Waals surface area contributed by atoms with E-state index in [4.69, 9.17) is 14.2 Å². The Balaban J connectivity index is 0.00000280. The van der Waals surface area contributed by atoms with Crippen molar-refractivity contribution in [2.24, 2.45) is 0 Å². The average Bonchev–Trinajstić information content (AvgIpc) is 3.06. The van der Waals surface area contributed by atoms with Crippen LogP contribution in [0.25, 0.3) is 0 Å². The van der Waals surface area contributed by atoms with Gasteiger partial charge in [0.1, 0.15) is 0 Å². The van der Waals surface area contributed by atoms with Gasteiger partial charge in [-0.15, -0.1) is 23.7 Å². The fourth-order valence-corrected chi connectivity index (χ4v) is 4.14. The number of nitrogens with zero attached hydrogens (tertiary/aromatic N) is 1. The van der Waals surface area contributed by atoms with Gasteiger partial charge >= 0.3 is 0 Å². The van der Waals surface area contributed by atoms with E-state index >= 15 is 0 Å². The molecule has 154 valence electrons. The molecule has 0 fully saturated rings. The van der Waals surface area contributed by atoms with Crippen LogP contribution in [0.15, 0.2) is 12.1 Å². The van der Waals surface area contributed by atoms with E-state index < -0.39 is 0 Å². The van der Waals surface area contributed by atoms with Crippen molar-refractivity contribution in [1.29, 1.82) is 0 Å². The lowest BCUT2D eigenvalue weighted by Crippen LogP contribution is -2.13. The minimum atomic E-state index is -0.231. The highest BCUT2D eigenvalue weighted by Gasteiger charge is 2.20. The standard InChI is InChI=1S/C20H26N2O4S.ClH/c1-4-24-15-11-13(12-16(25-5-2)18(15)26-6-3)19(23)22-20-21-14-9-7-8-10-17(14)27-20;/h11-12H,4-10H2,1-3H3,(H,21,22,23);1H. The van der Waals surface area contributed by atoms with E-state index in [1.807, 2.05) is 20.8 Å². The number of hydrogen-bond donors (Lipinski definition) is 1. The van der Waals surface area contributed by atoms with Crippen molar-refractivity contribution in [3.63, 3.8) is 0 Å². The number of halogens is 1. The first-order valence-electron chi connectivity index (χ1n) is 9.52. The summed E-state index contributed by atoms with van der Waals surface area (Å²) in [6, 6.07) is 3.39. The highest BCUT2D eigenvalue weighted by Crippen LogP contribution is 2.39. The molecule has 8 heteroatoms. The van der Waals surface area contributed by atoms with Gasteiger partial charge in [-0.2, -0.15) is 0 Å². The van der Waals surface area contributed by atoms with E-state index in [0.29, 0.717) is 47.8 Å². The van der Waals surface area contributed by atoms with E-state index in [0.717, 1.165) is 18.5 Å². The van der Waals surface area contributed by atoms with Gasteiger partial charge in [-0.05, 0) is 58.6 Å². The Kier molecular flexibility index (Phi) is 8.38. The third kappa shape index (κ3) is 5.08. The number of amides is 1. The Bertz CT molecular complexity index is 759. The van der Waals surface area contributed by atoms with Crippen LogP contribution in [-0.4, -0.2) is 30.7 Å². The summed E-state index contributed by atoms with van der Waals surface area (Å²) in [6.45, 7) is 7.10. The Morgan fingerprint density at radius 3 is 2.21 bits per heavy atom. The van der Waals surface area contributed by atoms with Crippen LogP contribution in [0.1, 0.15) is 54.5 Å². The largest absolute Gasteiger partial charge is 0.490 e. The summed E-state index contributed by atoms with van der Waals surface area (Å²) in [5.74, 6) is 1.32. The number of thiazole rings is 1. The van der Waals surface area contributed by atoms with Gasteiger partial charge in [0.2, 0.25) is 5.75 Å². The molecule has 0 aliphatic heterocycles. The average molecular weight is 427 g/mol. The van der Waals surface area contributed by atoms with Crippen LogP contribution >= 0.6 is 23.7 Å². The van der Waals surface area contributed by atoms with Crippen molar-refractivity contribution < 1.29 is 19.0 Å². The van der Waals surface area contributed by atoms with Crippen LogP contribution in [0.4, 0.5) is 5.13 Å². The Labute approximate surface area is 176 Å². The first-order valence-corrected chi connectivity index (χ1v) is 10.3. The molecule has 1 aromatic carbocycles. The van der Waals surface area contributed by atoms with Crippen molar-refractivity contribution in [3.8, 4) is 17.2 Å². The van der Waals surface area contributed by atoms with Crippen molar-refractivity contribution >= 4 is 34.8 Å². The molecule has 0 bridgehead atoms. The molecule has 0 atom stereocenters. The number of ether oxygens (including phenoxy) is 3. The highest BCUT2D eigenvalue weighted by molar-refractivity contribution is 7.15. The number of carbonyl (C=O) groups is 1. The first-order chi connectivity index (χ1) is 13.2. The second-order valence-corrected chi connectivity index (χ2v) is 7.23. The molecule has 1 aromatic heterocycles. The summed E-state index contributed by atoms with van der Waals surface area (Å²) in [4.78, 5) is 18.7. The number of nitrogens with one attached hydrogen (secondary N) is 1. The summed E-state index contributed by atoms with van der Waals surface area (Å²) >= 11 is 1.57. The molecule has 0 spiro atoms. The van der Waals surface area contributed by atoms with Crippen LogP contribution in [0.5, 0.6) is 17.2 Å². The lowest BCUT2D eigenvalue weighted by atomic mass is 10.0. The van der Waals surface area contributed by atoms with E-state index in [1.54, 1.807) is 23.5 Å². The quantitative estimate of drug-likeness (QED) is 0.650. The molecule has 3 rings (SSSR count). The van der Waals surface area contributed by atoms with Crippen LogP contribution < -0.4 is 19.5 Å². The highest BCUT2D eigenvalue weighted by atomic mass is 35.5. The summed E-state index contributed by atoms with van der Waals surface area (Å²) in [6.07, 6.45) is 4.40. The molecule has 0 radical (unpaired) electrons. The minimum Gasteiger partial charge on any atom is -0.490 e. The monoisotopic (exact) mass is 426 g/mol. The predicted molar refractivity (Wildman–Crippen MR) is 114 cm³/mol. The number of aryl methyl sites for hydroxylation is 2. The lowest BCUT2D eigenvalue weighted by Gasteiger charge is -2.16. The molecule has 0 unspecified atom stereocenters. The zero-order valence-corrected chi connectivity index (χ0v) is 18.1. The fourth-order valence-electron chi connectivity index (χ4n) is 3.09. The lowest BCUT2D eigenvalue weighted by molar-refractivity contribution is 0.102. The Morgan fingerprint density at radius 1 is 1.04 bits per heavy atom. The predicted octanol–water partition coefficient (Wildman–Crippen LogP) is 4.89. The molecule has 1 amide bonds. The fraction of sp³-hybridized carbons (Fsp3) is 0.500. The summed E-state index contributed by atoms with van der Waals surface area (Å²) in [5, 5.41) is 3.57. The molecule has 1 N–H and O–H groups in total. The molecular formula is C20H27ClN2O4S. The SMILES string of the molecule is CCOc1cc(C(=O)Nc2nc3c(s2)CCCC3)cc(OCC)c1OCC.Cl. The maximum atomic E-state index is 12.8. The van der Waals surface area contributed by atoms with E-state index in [9.17, 15) is 4.79 Å². The van der Waals surface area contributed by atoms with E-state index in [1.165, 1.54) is 17.7 Å². The normalized spacial score (nSPS) is 12.5. The van der Waals surface area contributed by atoms with Crippen LogP contribution in [-0.2, 0) is 12.8 Å². The van der Waals surface area contributed by atoms with Crippen molar-refractivity contribution in [3.05, 3.63) is 28.3 Å². The number of carbonyl (C=O) groups excluding carboxylic acids is 1. The second kappa shape index (κ2) is 10.5. The molecule has 0 saturated carbocycles. The van der Waals surface area contributed by atoms with Crippen LogP contribution in [0.2, 0.25) is 0 Å². The molecular weight excluding hydrogens is 400 g/mol.